The number of amides is 1. The second-order valence-electron chi connectivity index (χ2n) is 7.50. The Labute approximate surface area is 189 Å². The Bertz CT molecular complexity index is 1320. The van der Waals surface area contributed by atoms with Crippen molar-refractivity contribution < 1.29 is 9.53 Å². The highest BCUT2D eigenvalue weighted by molar-refractivity contribution is 5.94. The predicted molar refractivity (Wildman–Crippen MR) is 122 cm³/mol. The number of rotatable bonds is 8. The molecule has 1 N–H and O–H groups in total. The number of carbonyl (C=O) groups is 1. The predicted octanol–water partition coefficient (Wildman–Crippen LogP) is 3.32. The molecule has 1 atom stereocenters. The smallest absolute Gasteiger partial charge is 0.249 e. The molecule has 33 heavy (non-hydrogen) atoms. The Morgan fingerprint density at radius 2 is 1.91 bits per heavy atom. The average Bonchev–Trinajstić information content (AvgIpc) is 3.52. The number of nitrogens with one attached hydrogen (secondary N) is 1. The Morgan fingerprint density at radius 3 is 2.73 bits per heavy atom. The number of hydrogen-bond acceptors (Lipinski definition) is 6. The summed E-state index contributed by atoms with van der Waals surface area (Å²) in [6.07, 6.45) is 5.78. The zero-order valence-electron chi connectivity index (χ0n) is 17.7. The molecule has 0 saturated carbocycles. The molecule has 0 aliphatic heterocycles. The van der Waals surface area contributed by atoms with Gasteiger partial charge in [0.05, 0.1) is 5.69 Å². The first kappa shape index (κ1) is 20.4. The van der Waals surface area contributed by atoms with Gasteiger partial charge in [-0.2, -0.15) is 0 Å². The summed E-state index contributed by atoms with van der Waals surface area (Å²) in [5.41, 5.74) is 3.32. The van der Waals surface area contributed by atoms with E-state index in [9.17, 15) is 4.79 Å². The van der Waals surface area contributed by atoms with Crippen molar-refractivity contribution in [3.63, 3.8) is 0 Å². The lowest BCUT2D eigenvalue weighted by Gasteiger charge is -2.17. The summed E-state index contributed by atoms with van der Waals surface area (Å²) in [7, 11) is 0. The van der Waals surface area contributed by atoms with Crippen LogP contribution in [0.2, 0.25) is 0 Å². The minimum Gasteiger partial charge on any atom is -0.487 e. The normalized spacial score (nSPS) is 11.9. The van der Waals surface area contributed by atoms with Gasteiger partial charge >= 0.3 is 0 Å². The average molecular weight is 439 g/mol. The fourth-order valence-electron chi connectivity index (χ4n) is 3.56. The lowest BCUT2D eigenvalue weighted by atomic mass is 10.1. The molecule has 0 aliphatic carbocycles. The van der Waals surface area contributed by atoms with Crippen LogP contribution in [0.5, 0.6) is 5.75 Å². The molecule has 0 aliphatic rings. The van der Waals surface area contributed by atoms with E-state index in [2.05, 4.69) is 25.8 Å². The Kier molecular flexibility index (Phi) is 5.75. The quantitative estimate of drug-likeness (QED) is 0.398. The van der Waals surface area contributed by atoms with E-state index in [-0.39, 0.29) is 5.91 Å². The number of carbonyl (C=O) groups excluding carboxylic acids is 1. The molecule has 5 aromatic rings. The molecular formula is C24H21N7O2. The first-order valence-electron chi connectivity index (χ1n) is 10.5. The lowest BCUT2D eigenvalue weighted by molar-refractivity contribution is -0.119. The van der Waals surface area contributed by atoms with Crippen LogP contribution in [-0.4, -0.2) is 35.5 Å². The Morgan fingerprint density at radius 1 is 1.03 bits per heavy atom. The molecule has 0 fully saturated rings. The number of aromatic nitrogens is 6. The summed E-state index contributed by atoms with van der Waals surface area (Å²) in [4.78, 5) is 17.7. The highest BCUT2D eigenvalue weighted by Gasteiger charge is 2.22. The van der Waals surface area contributed by atoms with Crippen LogP contribution in [0.1, 0.15) is 17.3 Å². The molecule has 0 saturated heterocycles. The fourth-order valence-corrected chi connectivity index (χ4v) is 3.56. The lowest BCUT2D eigenvalue weighted by Crippen LogP contribution is -2.28. The van der Waals surface area contributed by atoms with Crippen molar-refractivity contribution in [3.8, 4) is 5.75 Å². The number of imidazole rings is 1. The number of tetrazole rings is 1. The molecule has 2 aromatic carbocycles. The van der Waals surface area contributed by atoms with Gasteiger partial charge in [-0.25, -0.2) is 9.67 Å². The van der Waals surface area contributed by atoms with Crippen LogP contribution in [0, 0.1) is 0 Å². The summed E-state index contributed by atoms with van der Waals surface area (Å²) in [5, 5.41) is 14.3. The van der Waals surface area contributed by atoms with E-state index in [1.807, 2.05) is 83.5 Å². The van der Waals surface area contributed by atoms with Gasteiger partial charge in [0.15, 0.2) is 0 Å². The van der Waals surface area contributed by atoms with Crippen molar-refractivity contribution in [1.29, 1.82) is 0 Å². The van der Waals surface area contributed by atoms with Crippen molar-refractivity contribution in [1.82, 2.24) is 29.6 Å². The fraction of sp³-hybridized carbons (Fsp3) is 0.125. The maximum absolute atomic E-state index is 13.1. The third-order valence-corrected chi connectivity index (χ3v) is 5.16. The van der Waals surface area contributed by atoms with Crippen LogP contribution < -0.4 is 10.1 Å². The van der Waals surface area contributed by atoms with Crippen LogP contribution in [0.3, 0.4) is 0 Å². The van der Waals surface area contributed by atoms with Gasteiger partial charge < -0.3 is 14.5 Å². The van der Waals surface area contributed by atoms with E-state index in [0.29, 0.717) is 24.5 Å². The van der Waals surface area contributed by atoms with Crippen molar-refractivity contribution >= 4 is 17.2 Å². The van der Waals surface area contributed by atoms with Gasteiger partial charge in [0, 0.05) is 30.6 Å². The van der Waals surface area contributed by atoms with Gasteiger partial charge in [-0.05, 0) is 40.3 Å². The van der Waals surface area contributed by atoms with Crippen molar-refractivity contribution in [2.75, 3.05) is 5.32 Å². The summed E-state index contributed by atoms with van der Waals surface area (Å²) in [6, 6.07) is 22.3. The number of hydrogen-bond donors (Lipinski definition) is 1. The minimum absolute atomic E-state index is 0.219. The van der Waals surface area contributed by atoms with E-state index >= 15 is 0 Å². The van der Waals surface area contributed by atoms with Crippen molar-refractivity contribution in [2.45, 2.75) is 19.1 Å². The van der Waals surface area contributed by atoms with Crippen LogP contribution in [0.15, 0.2) is 91.5 Å². The second-order valence-corrected chi connectivity index (χ2v) is 7.50. The number of benzene rings is 2. The molecule has 1 amide bonds. The number of anilines is 1. The molecule has 1 unspecified atom stereocenters. The van der Waals surface area contributed by atoms with E-state index in [1.54, 1.807) is 6.07 Å². The summed E-state index contributed by atoms with van der Waals surface area (Å²) < 4.78 is 9.32. The molecular weight excluding hydrogens is 418 g/mol. The molecule has 0 radical (unpaired) electrons. The molecule has 9 heteroatoms. The zero-order chi connectivity index (χ0) is 22.5. The van der Waals surface area contributed by atoms with Crippen LogP contribution in [-0.2, 0) is 17.8 Å². The SMILES string of the molecule is O=C(Nc1cccc(OCc2cn3ccccc3n2)c1)C(Cc1ccccc1)n1cnnn1. The molecule has 5 rings (SSSR count). The third-order valence-electron chi connectivity index (χ3n) is 5.16. The van der Waals surface area contributed by atoms with Gasteiger partial charge in [-0.1, -0.05) is 42.5 Å². The molecule has 3 aromatic heterocycles. The standard InChI is InChI=1S/C24H21N7O2/c32-24(22(31-17-25-28-29-31)13-18-7-2-1-3-8-18)27-19-9-6-10-21(14-19)33-16-20-15-30-12-5-4-11-23(30)26-20/h1-12,14-15,17,22H,13,16H2,(H,27,32). The first-order valence-corrected chi connectivity index (χ1v) is 10.5. The largest absolute Gasteiger partial charge is 0.487 e. The zero-order valence-corrected chi connectivity index (χ0v) is 17.7. The van der Waals surface area contributed by atoms with E-state index in [1.165, 1.54) is 11.0 Å². The van der Waals surface area contributed by atoms with E-state index < -0.39 is 6.04 Å². The van der Waals surface area contributed by atoms with Gasteiger partial charge in [0.25, 0.3) is 0 Å². The number of nitrogens with zero attached hydrogens (tertiary/aromatic N) is 6. The highest BCUT2D eigenvalue weighted by Crippen LogP contribution is 2.21. The summed E-state index contributed by atoms with van der Waals surface area (Å²) in [6.45, 7) is 0.320. The molecule has 0 spiro atoms. The van der Waals surface area contributed by atoms with Gasteiger partial charge in [0.2, 0.25) is 5.91 Å². The van der Waals surface area contributed by atoms with Crippen LogP contribution >= 0.6 is 0 Å². The molecule has 164 valence electrons. The van der Waals surface area contributed by atoms with E-state index in [4.69, 9.17) is 4.74 Å². The second kappa shape index (κ2) is 9.31. The number of fused-ring (bicyclic) bond motifs is 1. The molecule has 9 nitrogen and oxygen atoms in total. The van der Waals surface area contributed by atoms with Crippen LogP contribution in [0.4, 0.5) is 5.69 Å². The number of ether oxygens (including phenoxy) is 1. The van der Waals surface area contributed by atoms with E-state index in [0.717, 1.165) is 16.9 Å². The molecule has 0 bridgehead atoms. The van der Waals surface area contributed by atoms with Crippen molar-refractivity contribution in [2.24, 2.45) is 0 Å². The maximum atomic E-state index is 13.1. The highest BCUT2D eigenvalue weighted by atomic mass is 16.5. The first-order chi connectivity index (χ1) is 16.2. The third kappa shape index (κ3) is 4.87. The Hall–Kier alpha value is -4.53. The summed E-state index contributed by atoms with van der Waals surface area (Å²) >= 11 is 0. The van der Waals surface area contributed by atoms with Gasteiger partial charge in [-0.15, -0.1) is 5.10 Å². The van der Waals surface area contributed by atoms with Crippen LogP contribution in [0.25, 0.3) is 5.65 Å². The topological polar surface area (TPSA) is 99.2 Å². The molecule has 3 heterocycles. The maximum Gasteiger partial charge on any atom is 0.249 e. The summed E-state index contributed by atoms with van der Waals surface area (Å²) in [5.74, 6) is 0.413. The minimum atomic E-state index is -0.593. The Balaban J connectivity index is 1.27. The van der Waals surface area contributed by atoms with Crippen molar-refractivity contribution in [3.05, 3.63) is 103 Å². The monoisotopic (exact) mass is 439 g/mol. The van der Waals surface area contributed by atoms with Gasteiger partial charge in [0.1, 0.15) is 30.4 Å². The number of pyridine rings is 1. The van der Waals surface area contributed by atoms with Gasteiger partial charge in [-0.3, -0.25) is 4.79 Å².